The maximum atomic E-state index is 11.4. The molecule has 0 unspecified atom stereocenters. The first-order chi connectivity index (χ1) is 36.7. The number of aliphatic hydroxyl groups excluding tert-OH is 19. The average molecular weight is 1170 g/mol. The third-order valence-electron chi connectivity index (χ3n) is 14.8. The van der Waals surface area contributed by atoms with Gasteiger partial charge in [-0.15, -0.1) is 0 Å². The molecule has 21 fully saturated rings. The predicted molar refractivity (Wildman–Crippen MR) is 242 cm³/mol. The summed E-state index contributed by atoms with van der Waals surface area (Å²) in [6, 6.07) is 0. The molecule has 21 aliphatic heterocycles. The van der Waals surface area contributed by atoms with Crippen molar-refractivity contribution in [3.8, 4) is 0 Å². The van der Waals surface area contributed by atoms with Crippen LogP contribution in [0.3, 0.4) is 0 Å². The van der Waals surface area contributed by atoms with Gasteiger partial charge in [0.1, 0.15) is 159 Å². The Morgan fingerprint density at radius 2 is 0.325 bits per heavy atom. The van der Waals surface area contributed by atoms with E-state index in [1.807, 2.05) is 0 Å². The van der Waals surface area contributed by atoms with Crippen molar-refractivity contribution < 1.29 is 163 Å². The minimum Gasteiger partial charge on any atom is -0.394 e. The SMILES string of the molecule is OC[C@H]1O[C@@H]2O[C@H]3[C@H](O)[C@@H](O)[C@@H](O[C@H]4[C@H](O)[C@@H](O)[C@@H](O[C@H]5[C@H](O)[C@@H](O)[C@@H](O[C@H]6[C@H](O)[C@@H](O)[C@@H](O[C@H]7[C@H](O)[C@@H](O)[C@@H](O[C@H]8[C@H](O)[C@@H](O)[C@@H](O[C@H]1[C@H](O)[C@H]2O)O[C@@H]8CO)O[C@@H]7CS)O[C@@H]6CO)O[C@@H]5CO)O[C@@H]4CS)O[C@@H]3CO. The van der Waals surface area contributed by atoms with Crippen LogP contribution in [-0.4, -0.2) is 357 Å². The second kappa shape index (κ2) is 26.5. The van der Waals surface area contributed by atoms with Gasteiger partial charge in [-0.2, -0.15) is 25.3 Å². The minimum absolute atomic E-state index is 0.345. The molecule has 0 aliphatic carbocycles. The molecule has 21 saturated heterocycles. The van der Waals surface area contributed by atoms with Crippen LogP contribution in [0.2, 0.25) is 0 Å². The van der Waals surface area contributed by atoms with E-state index < -0.39 is 248 Å². The van der Waals surface area contributed by atoms with Gasteiger partial charge in [0.15, 0.2) is 44.0 Å². The summed E-state index contributed by atoms with van der Waals surface area (Å²) in [6.45, 7) is -5.02. The molecule has 77 heavy (non-hydrogen) atoms. The van der Waals surface area contributed by atoms with Crippen molar-refractivity contribution in [2.45, 2.75) is 215 Å². The Bertz CT molecular complexity index is 1480. The van der Waals surface area contributed by atoms with Crippen LogP contribution >= 0.6 is 25.3 Å². The van der Waals surface area contributed by atoms with E-state index in [0.717, 1.165) is 0 Å². The Hall–Kier alpha value is -0.620. The second-order valence-corrected chi connectivity index (χ2v) is 20.4. The Kier molecular flexibility index (Phi) is 21.5. The van der Waals surface area contributed by atoms with Crippen molar-refractivity contribution in [1.82, 2.24) is 0 Å². The summed E-state index contributed by atoms with van der Waals surface area (Å²) < 4.78 is 80.6. The zero-order valence-corrected chi connectivity index (χ0v) is 42.1. The molecule has 19 N–H and O–H groups in total. The fourth-order valence-corrected chi connectivity index (χ4v) is 11.0. The van der Waals surface area contributed by atoms with Crippen molar-refractivity contribution in [2.75, 3.05) is 44.5 Å². The van der Waals surface area contributed by atoms with E-state index in [4.69, 9.17) is 66.3 Å². The summed E-state index contributed by atoms with van der Waals surface area (Å²) in [7, 11) is 0. The maximum Gasteiger partial charge on any atom is 0.187 e. The van der Waals surface area contributed by atoms with Gasteiger partial charge in [0, 0.05) is 11.5 Å². The minimum atomic E-state index is -2.17. The maximum absolute atomic E-state index is 11.4. The molecule has 0 radical (unpaired) electrons. The summed E-state index contributed by atoms with van der Waals surface area (Å²) in [5, 5.41) is 210. The second-order valence-electron chi connectivity index (χ2n) is 19.7. The molecule has 14 bridgehead atoms. The van der Waals surface area contributed by atoms with Crippen molar-refractivity contribution in [3.63, 3.8) is 0 Å². The van der Waals surface area contributed by atoms with Gasteiger partial charge in [-0.25, -0.2) is 0 Å². The van der Waals surface area contributed by atoms with Crippen LogP contribution in [0.5, 0.6) is 0 Å². The van der Waals surface area contributed by atoms with Crippen LogP contribution in [0.15, 0.2) is 0 Å². The molecule has 0 aromatic carbocycles. The first kappa shape index (κ1) is 62.4. The van der Waals surface area contributed by atoms with Gasteiger partial charge in [-0.1, -0.05) is 0 Å². The number of thiol groups is 2. The molecule has 33 nitrogen and oxygen atoms in total. The fourth-order valence-electron chi connectivity index (χ4n) is 10.4. The normalized spacial score (nSPS) is 55.4. The Morgan fingerprint density at radius 1 is 0.195 bits per heavy atom. The lowest BCUT2D eigenvalue weighted by molar-refractivity contribution is -0.395. The van der Waals surface area contributed by atoms with E-state index in [-0.39, 0.29) is 11.5 Å². The number of hydrogen-bond acceptors (Lipinski definition) is 35. The van der Waals surface area contributed by atoms with Crippen LogP contribution in [0.1, 0.15) is 0 Å². The first-order valence-electron chi connectivity index (χ1n) is 24.6. The zero-order valence-electron chi connectivity index (χ0n) is 40.3. The summed E-state index contributed by atoms with van der Waals surface area (Å²) in [5.41, 5.74) is 0. The van der Waals surface area contributed by atoms with E-state index in [1.165, 1.54) is 0 Å². The van der Waals surface area contributed by atoms with Crippen molar-refractivity contribution in [1.29, 1.82) is 0 Å². The van der Waals surface area contributed by atoms with Gasteiger partial charge >= 0.3 is 0 Å². The Balaban J connectivity index is 1.08. The fraction of sp³-hybridized carbons (Fsp3) is 1.00. The van der Waals surface area contributed by atoms with Crippen LogP contribution in [0.25, 0.3) is 0 Å². The van der Waals surface area contributed by atoms with Gasteiger partial charge < -0.3 is 163 Å². The summed E-state index contributed by atoms with van der Waals surface area (Å²) in [4.78, 5) is 0. The van der Waals surface area contributed by atoms with Crippen LogP contribution in [0.4, 0.5) is 0 Å². The lowest BCUT2D eigenvalue weighted by Gasteiger charge is -2.50. The molecule has 0 aromatic heterocycles. The lowest BCUT2D eigenvalue weighted by Crippen LogP contribution is -2.68. The first-order valence-corrected chi connectivity index (χ1v) is 25.9. The highest BCUT2D eigenvalue weighted by Gasteiger charge is 2.59. The molecule has 0 spiro atoms. The molecule has 21 rings (SSSR count). The van der Waals surface area contributed by atoms with Crippen molar-refractivity contribution in [2.24, 2.45) is 0 Å². The highest BCUT2D eigenvalue weighted by atomic mass is 32.1. The molecule has 0 saturated carbocycles. The van der Waals surface area contributed by atoms with Gasteiger partial charge in [0.2, 0.25) is 0 Å². The quantitative estimate of drug-likeness (QED) is 0.105. The predicted octanol–water partition coefficient (Wildman–Crippen LogP) is -13.4. The molecule has 0 amide bonds. The summed E-state index contributed by atoms with van der Waals surface area (Å²) in [5.74, 6) is -0.689. The van der Waals surface area contributed by atoms with Gasteiger partial charge in [-0.3, -0.25) is 0 Å². The lowest BCUT2D eigenvalue weighted by atomic mass is 9.95. The van der Waals surface area contributed by atoms with E-state index >= 15 is 0 Å². The highest BCUT2D eigenvalue weighted by molar-refractivity contribution is 7.80. The average Bonchev–Trinajstić information content (AvgIpc) is 3.45. The standard InChI is InChI=1S/C42H70O33S2/c43-1-8-29-15(48)22(55)36(62-8)70-30-9(2-44)65-39(25(58)18(30)51)74-34-13(6-76)68-42(28(61)21(34)54)73-33-12(5-47)64-38(24(57)17(33)50)71-31-10(3-45)66-40(26(59)19(31)52)75-35-14(7-77)67-41(27(60)20(35)53)72-32-11(4-46)63-37(69-29)23(56)16(32)49/h8-61,76-77H,1-7H2/t8-,9-,10-,11-,12-,13-,14-,15-,16-,17-,18-,19-,20-,21-,22-,23-,24-,25-,26-,27-,28-,29-,30-,31-,32-,33-,34-,35-,36-,37-,38-,39-,40-,41-,42-/m1/s1. The molecule has 35 atom stereocenters. The van der Waals surface area contributed by atoms with E-state index in [2.05, 4.69) is 25.3 Å². The molecular weight excluding hydrogens is 1100 g/mol. The van der Waals surface area contributed by atoms with Gasteiger partial charge in [-0.05, 0) is 0 Å². The Labute approximate surface area is 447 Å². The van der Waals surface area contributed by atoms with Crippen molar-refractivity contribution in [3.05, 3.63) is 0 Å². The van der Waals surface area contributed by atoms with Crippen LogP contribution < -0.4 is 0 Å². The van der Waals surface area contributed by atoms with E-state index in [9.17, 15) is 97.0 Å². The summed E-state index contributed by atoms with van der Waals surface area (Å²) >= 11 is 8.47. The molecule has 0 aromatic rings. The van der Waals surface area contributed by atoms with E-state index in [0.29, 0.717) is 0 Å². The summed E-state index contributed by atoms with van der Waals surface area (Å²) in [6.07, 6.45) is -67.2. The molecule has 21 aliphatic rings. The number of aliphatic hydroxyl groups is 19. The number of ether oxygens (including phenoxy) is 14. The van der Waals surface area contributed by atoms with Gasteiger partial charge in [0.05, 0.1) is 45.2 Å². The van der Waals surface area contributed by atoms with Crippen LogP contribution in [0, 0.1) is 0 Å². The highest BCUT2D eigenvalue weighted by Crippen LogP contribution is 2.39. The Morgan fingerprint density at radius 3 is 0.455 bits per heavy atom. The van der Waals surface area contributed by atoms with E-state index in [1.54, 1.807) is 0 Å². The number of hydrogen-bond donors (Lipinski definition) is 21. The van der Waals surface area contributed by atoms with Crippen LogP contribution in [-0.2, 0) is 66.3 Å². The van der Waals surface area contributed by atoms with Crippen molar-refractivity contribution >= 4 is 25.3 Å². The molecule has 35 heteroatoms. The third-order valence-corrected chi connectivity index (χ3v) is 15.5. The largest absolute Gasteiger partial charge is 0.394 e. The topological polar surface area (TPSA) is 514 Å². The third kappa shape index (κ3) is 12.3. The van der Waals surface area contributed by atoms with Gasteiger partial charge in [0.25, 0.3) is 0 Å². The zero-order chi connectivity index (χ0) is 56.1. The molecule has 448 valence electrons. The molecular formula is C42H70O33S2. The monoisotopic (exact) mass is 1170 g/mol. The molecule has 21 heterocycles. The number of rotatable bonds is 7. The smallest absolute Gasteiger partial charge is 0.187 e.